The first-order valence-corrected chi connectivity index (χ1v) is 43.5. The third-order valence-electron chi connectivity index (χ3n) is 22.3. The summed E-state index contributed by atoms with van der Waals surface area (Å²) in [7, 11) is 5.19. The summed E-state index contributed by atoms with van der Waals surface area (Å²) in [6.45, 7) is 1.62. The zero-order valence-electron chi connectivity index (χ0n) is 72.7. The fourth-order valence-electron chi connectivity index (χ4n) is 15.0. The lowest BCUT2D eigenvalue weighted by molar-refractivity contribution is -0.149. The van der Waals surface area contributed by atoms with E-state index in [1.165, 1.54) is 47.6 Å². The van der Waals surface area contributed by atoms with Crippen LogP contribution in [0.25, 0.3) is 21.8 Å². The highest BCUT2D eigenvalue weighted by Gasteiger charge is 2.44. The minimum absolute atomic E-state index is 0.00187. The second-order valence-corrected chi connectivity index (χ2v) is 32.8. The molecule has 128 heavy (non-hydrogen) atoms. The van der Waals surface area contributed by atoms with E-state index in [1.807, 2.05) is 13.8 Å². The normalized spacial score (nSPS) is 23.2. The lowest BCUT2D eigenvalue weighted by Gasteiger charge is -2.36. The van der Waals surface area contributed by atoms with Crippen molar-refractivity contribution >= 4 is 140 Å². The van der Waals surface area contributed by atoms with Crippen LogP contribution < -0.4 is 75.7 Å². The molecule has 2 fully saturated rings. The molecule has 6 aromatic rings. The first-order valence-electron chi connectivity index (χ1n) is 42.4. The number of thioether (sulfide) groups is 1. The van der Waals surface area contributed by atoms with Gasteiger partial charge in [0.05, 0.1) is 44.7 Å². The number of guanidine groups is 1. The van der Waals surface area contributed by atoms with E-state index >= 15 is 14.4 Å². The number of likely N-dealkylation sites (N-methyl/N-ethyl adjacent to an activating group) is 4. The van der Waals surface area contributed by atoms with Gasteiger partial charge in [-0.05, 0) is 74.3 Å². The smallest absolute Gasteiger partial charge is 0.246 e. The summed E-state index contributed by atoms with van der Waals surface area (Å²) < 4.78 is 0. The number of fused-ring (bicyclic) bond motifs is 3. The maximum atomic E-state index is 15.6. The Hall–Kier alpha value is -13.5. The molecule has 42 nitrogen and oxygen atoms in total. The molecule has 12 atom stereocenters. The maximum Gasteiger partial charge on any atom is 0.246 e. The molecule has 17 amide bonds. The maximum absolute atomic E-state index is 15.6. The molecule has 3 aromatic carbocycles. The van der Waals surface area contributed by atoms with Gasteiger partial charge in [0.15, 0.2) is 5.96 Å². The van der Waals surface area contributed by atoms with Crippen molar-refractivity contribution < 1.29 is 86.6 Å². The highest BCUT2D eigenvalue weighted by Crippen LogP contribution is 2.26. The van der Waals surface area contributed by atoms with E-state index in [4.69, 9.17) is 22.6 Å². The Morgan fingerprint density at radius 3 is 1.72 bits per heavy atom. The van der Waals surface area contributed by atoms with E-state index in [9.17, 15) is 72.2 Å². The number of H-pyrrole nitrogens is 3. The Balaban J connectivity index is 1.15. The Morgan fingerprint density at radius 2 is 1.10 bits per heavy atom. The van der Waals surface area contributed by atoms with Crippen molar-refractivity contribution in [3.8, 4) is 0 Å². The van der Waals surface area contributed by atoms with Gasteiger partial charge in [-0.3, -0.25) is 86.9 Å². The van der Waals surface area contributed by atoms with Crippen LogP contribution >= 0.6 is 11.8 Å². The monoisotopic (exact) mass is 1790 g/mol. The van der Waals surface area contributed by atoms with Gasteiger partial charge in [-0.15, -0.1) is 11.8 Å². The zero-order chi connectivity index (χ0) is 93.4. The molecule has 3 aromatic heterocycles. The van der Waals surface area contributed by atoms with Crippen molar-refractivity contribution in [2.24, 2.45) is 17.2 Å². The fraction of sp³-hybridized carbons (Fsp3) is 0.494. The number of aliphatic hydroxyl groups excluding tert-OH is 1. The van der Waals surface area contributed by atoms with E-state index in [-0.39, 0.29) is 77.3 Å². The number of aromatic amines is 3. The largest absolute Gasteiger partial charge is 0.394 e. The third kappa shape index (κ3) is 28.8. The highest BCUT2D eigenvalue weighted by atomic mass is 32.2. The lowest BCUT2D eigenvalue weighted by Crippen LogP contribution is -2.61. The Morgan fingerprint density at radius 1 is 0.547 bits per heavy atom. The lowest BCUT2D eigenvalue weighted by atomic mass is 10.00. The molecule has 8 rings (SSSR count). The van der Waals surface area contributed by atoms with Gasteiger partial charge in [-0.1, -0.05) is 106 Å². The van der Waals surface area contributed by atoms with Crippen LogP contribution in [0.2, 0.25) is 0 Å². The number of primary amides is 2. The number of carbonyl (C=O) groups is 17. The number of benzene rings is 3. The topological polar surface area (TPSA) is 621 Å². The van der Waals surface area contributed by atoms with E-state index in [1.54, 1.807) is 91.3 Å². The summed E-state index contributed by atoms with van der Waals surface area (Å²) in [5.41, 5.74) is 20.0. The van der Waals surface area contributed by atoms with Crippen LogP contribution in [0.1, 0.15) is 114 Å². The summed E-state index contributed by atoms with van der Waals surface area (Å²) in [5, 5.41) is 48.8. The molecule has 2 saturated heterocycles. The van der Waals surface area contributed by atoms with E-state index < -0.39 is 223 Å². The number of rotatable bonds is 24. The number of nitrogens with zero attached hydrogens (tertiary/aromatic N) is 6. The molecule has 0 spiro atoms. The predicted octanol–water partition coefficient (Wildman–Crippen LogP) is -3.55. The number of para-hydroxylation sites is 2. The Labute approximate surface area is 743 Å². The first-order chi connectivity index (χ1) is 61.1. The number of nitrogens with two attached hydrogens (primary N) is 3. The fourth-order valence-corrected chi connectivity index (χ4v) is 15.9. The van der Waals surface area contributed by atoms with Crippen molar-refractivity contribution in [3.05, 3.63) is 126 Å². The van der Waals surface area contributed by atoms with Crippen molar-refractivity contribution in [1.29, 1.82) is 5.41 Å². The van der Waals surface area contributed by atoms with Crippen molar-refractivity contribution in [1.82, 2.24) is 103 Å². The van der Waals surface area contributed by atoms with Crippen molar-refractivity contribution in [2.75, 3.05) is 79.0 Å². The van der Waals surface area contributed by atoms with Crippen LogP contribution in [0.3, 0.4) is 0 Å². The van der Waals surface area contributed by atoms with E-state index in [2.05, 4.69) is 78.4 Å². The number of aliphatic hydroxyl groups is 1. The molecule has 0 radical (unpaired) electrons. The number of imidazole rings is 1. The summed E-state index contributed by atoms with van der Waals surface area (Å²) in [6.07, 6.45) is 6.02. The number of nitrogens with one attached hydrogen (secondary N) is 15. The molecule has 0 bridgehead atoms. The van der Waals surface area contributed by atoms with E-state index in [0.717, 1.165) is 36.3 Å². The van der Waals surface area contributed by atoms with Crippen LogP contribution in [-0.2, 0) is 107 Å². The van der Waals surface area contributed by atoms with Gasteiger partial charge in [-0.2, -0.15) is 0 Å². The summed E-state index contributed by atoms with van der Waals surface area (Å²) in [5.74, 6) is -16.9. The van der Waals surface area contributed by atoms with Gasteiger partial charge >= 0.3 is 0 Å². The standard InChI is InChI=1S/C85H118N24O18S/c1-8-10-28-65-79(122)99-57(27-19-31-91-85(88)89)76(119)104-64(75(118)94-41-69(87)112)45-128-46-71(114)98-60(33-49-21-13-12-14-22-49)81(124)106(5)48(3)73(116)101-62(37-68(86)111)83(126)109-32-20-30-66(109)80(123)100-59(36-52-40-90-47-96-52)74(117)95-42-72(115)105(4)43-70(113)97-58(34-50-38-92-55-25-17-15-23-53(50)55)77(120)103-63(44-110)78(121)102-61(35-51-39-93-56-26-18-16-24-54(51)56)82(125)108(7)67(29-11-9-2)84(127)107(65)6/h12-18,21-26,38-40,47-48,57-67,92-93,110H,8-11,19-20,27-37,41-46H2,1-7H3,(H2,86,111)(H2,87,112)(H,90,96)(H,94,118)(H,95,117)(H,97,113)(H,98,114)(H,99,122)(H,100,123)(H,101,116)(H,102,121)(H,103,120)(H,104,119)(H4,88,89,91)/t48-,57-,58-,59-,60-,61-,62-,63-,64-,65-,66-,67-/m0/s1. The number of hydrogen-bond acceptors (Lipinski definition) is 21. The van der Waals surface area contributed by atoms with Gasteiger partial charge in [0.25, 0.3) is 0 Å². The minimum Gasteiger partial charge on any atom is -0.394 e. The van der Waals surface area contributed by atoms with Gasteiger partial charge in [0, 0.05) is 119 Å². The average Bonchev–Trinajstić information content (AvgIpc) is 1.43. The number of hydrogen-bond donors (Lipinski definition) is 19. The van der Waals surface area contributed by atoms with Crippen molar-refractivity contribution in [3.63, 3.8) is 0 Å². The SMILES string of the molecule is CCCC[C@H]1C(=O)N(C)[C@@H](CCCC)C(=O)N[C@@H](CCCNC(=N)N)C(=O)N[C@H](C(=O)NCC(N)=O)CSCC(=O)N[C@@H](Cc2ccccc2)C(=O)N(C)[C@@H](C)C(=O)N[C@@H](CC(N)=O)C(=O)N2CCC[C@H]2C(=O)N[C@@H](Cc2cnc[nH]2)C(=O)NCC(=O)N(C)CC(=O)N[C@@H](Cc2c[nH]c3ccccc23)C(=O)N[C@@H](CO)C(=O)N[C@@H](Cc2c[nH]c3ccccc23)C(=O)N1C. The third-order valence-corrected chi connectivity index (χ3v) is 23.3. The van der Waals surface area contributed by atoms with Crippen LogP contribution in [0.4, 0.5) is 0 Å². The minimum atomic E-state index is -1.84. The molecule has 2 aliphatic rings. The molecule has 2 aliphatic heterocycles. The molecule has 692 valence electrons. The predicted molar refractivity (Wildman–Crippen MR) is 471 cm³/mol. The quantitative estimate of drug-likeness (QED) is 0.0158. The number of unbranched alkanes of at least 4 members (excludes halogenated alkanes) is 2. The zero-order valence-corrected chi connectivity index (χ0v) is 73.5. The second kappa shape index (κ2) is 48.9. The van der Waals surface area contributed by atoms with Gasteiger partial charge in [-0.25, -0.2) is 4.98 Å². The second-order valence-electron chi connectivity index (χ2n) is 31.7. The van der Waals surface area contributed by atoms with E-state index in [0.29, 0.717) is 69.9 Å². The van der Waals surface area contributed by atoms with Gasteiger partial charge in [0.2, 0.25) is 100 Å². The Kier molecular flexibility index (Phi) is 38.1. The number of amides is 17. The number of carbonyl (C=O) groups excluding carboxylic acids is 17. The van der Waals surface area contributed by atoms with Crippen LogP contribution in [-0.4, -0.2) is 307 Å². The molecule has 22 N–H and O–H groups in total. The van der Waals surface area contributed by atoms with Gasteiger partial charge < -0.3 is 120 Å². The summed E-state index contributed by atoms with van der Waals surface area (Å²) in [6, 6.07) is 4.32. The summed E-state index contributed by atoms with van der Waals surface area (Å²) >= 11 is 0.793. The molecule has 43 heteroatoms. The molecule has 5 heterocycles. The van der Waals surface area contributed by atoms with Crippen molar-refractivity contribution in [2.45, 2.75) is 190 Å². The molecule has 0 saturated carbocycles. The van der Waals surface area contributed by atoms with Gasteiger partial charge in [0.1, 0.15) is 72.5 Å². The average molecular weight is 1800 g/mol. The summed E-state index contributed by atoms with van der Waals surface area (Å²) in [4.78, 5) is 264. The Bertz CT molecular complexity index is 4930. The van der Waals surface area contributed by atoms with Crippen LogP contribution in [0, 0.1) is 5.41 Å². The molecule has 0 unspecified atom stereocenters. The number of aromatic nitrogens is 4. The molecule has 0 aliphatic carbocycles. The molecular weight excluding hydrogens is 1680 g/mol. The first kappa shape index (κ1) is 99.9. The van der Waals surface area contributed by atoms with Crippen LogP contribution in [0.15, 0.2) is 104 Å². The highest BCUT2D eigenvalue weighted by molar-refractivity contribution is 8.00. The van der Waals surface area contributed by atoms with Crippen LogP contribution in [0.5, 0.6) is 0 Å². The molecular formula is C85H118N24O18S.